The van der Waals surface area contributed by atoms with Crippen molar-refractivity contribution in [2.75, 3.05) is 5.32 Å². The summed E-state index contributed by atoms with van der Waals surface area (Å²) in [6.07, 6.45) is -4.50. The van der Waals surface area contributed by atoms with Crippen LogP contribution in [0.15, 0.2) is 36.4 Å². The summed E-state index contributed by atoms with van der Waals surface area (Å²) in [5.74, 6) is 0.311. The smallest absolute Gasteiger partial charge is 0.435 e. The number of nitrogens with one attached hydrogen (secondary N) is 1. The Hall–Kier alpha value is -2.31. The van der Waals surface area contributed by atoms with Crippen LogP contribution < -0.4 is 5.32 Å². The van der Waals surface area contributed by atoms with Gasteiger partial charge in [0.25, 0.3) is 0 Å². The van der Waals surface area contributed by atoms with Gasteiger partial charge in [-0.15, -0.1) is 10.2 Å². The minimum absolute atomic E-state index is 0.106. The first-order valence-electron chi connectivity index (χ1n) is 5.38. The van der Waals surface area contributed by atoms with Gasteiger partial charge in [0.2, 0.25) is 0 Å². The Balaban J connectivity index is 2.03. The van der Waals surface area contributed by atoms with Gasteiger partial charge in [-0.2, -0.15) is 13.2 Å². The predicted octanol–water partition coefficient (Wildman–Crippen LogP) is 2.81. The van der Waals surface area contributed by atoms with Crippen LogP contribution in [0.1, 0.15) is 11.3 Å². The van der Waals surface area contributed by atoms with Crippen molar-refractivity contribution in [2.24, 2.45) is 0 Å². The second-order valence-corrected chi connectivity index (χ2v) is 3.78. The number of aromatic hydroxyl groups is 1. The number of rotatable bonds is 3. The number of hydrogen-bond acceptors (Lipinski definition) is 4. The summed E-state index contributed by atoms with van der Waals surface area (Å²) in [4.78, 5) is 0. The van der Waals surface area contributed by atoms with E-state index >= 15 is 0 Å². The lowest BCUT2D eigenvalue weighted by Crippen LogP contribution is -2.10. The molecule has 1 aromatic carbocycles. The van der Waals surface area contributed by atoms with E-state index in [2.05, 4.69) is 15.5 Å². The number of anilines is 1. The highest BCUT2D eigenvalue weighted by Crippen LogP contribution is 2.27. The molecule has 0 fully saturated rings. The number of phenolic OH excluding ortho intramolecular Hbond substituents is 1. The van der Waals surface area contributed by atoms with E-state index in [0.29, 0.717) is 5.56 Å². The van der Waals surface area contributed by atoms with E-state index in [4.69, 9.17) is 0 Å². The molecule has 2 rings (SSSR count). The minimum Gasteiger partial charge on any atom is -0.508 e. The van der Waals surface area contributed by atoms with Crippen LogP contribution in [0.25, 0.3) is 0 Å². The second-order valence-electron chi connectivity index (χ2n) is 3.78. The van der Waals surface area contributed by atoms with Crippen LogP contribution in [0.5, 0.6) is 5.75 Å². The lowest BCUT2D eigenvalue weighted by atomic mass is 10.2. The van der Waals surface area contributed by atoms with Crippen molar-refractivity contribution in [2.45, 2.75) is 12.7 Å². The van der Waals surface area contributed by atoms with E-state index in [0.717, 1.165) is 6.07 Å². The largest absolute Gasteiger partial charge is 0.508 e. The maximum atomic E-state index is 12.3. The van der Waals surface area contributed by atoms with Crippen molar-refractivity contribution >= 4 is 5.82 Å². The van der Waals surface area contributed by atoms with Crippen LogP contribution >= 0.6 is 0 Å². The third-order valence-corrected chi connectivity index (χ3v) is 2.41. The Morgan fingerprint density at radius 3 is 2.37 bits per heavy atom. The van der Waals surface area contributed by atoms with Crippen LogP contribution in [-0.2, 0) is 12.7 Å². The summed E-state index contributed by atoms with van der Waals surface area (Å²) < 4.78 is 36.8. The molecule has 19 heavy (non-hydrogen) atoms. The molecule has 100 valence electrons. The van der Waals surface area contributed by atoms with Crippen molar-refractivity contribution in [3.8, 4) is 5.75 Å². The molecular weight excluding hydrogens is 259 g/mol. The lowest BCUT2D eigenvalue weighted by Gasteiger charge is -2.08. The second kappa shape index (κ2) is 5.13. The predicted molar refractivity (Wildman–Crippen MR) is 62.5 cm³/mol. The van der Waals surface area contributed by atoms with Gasteiger partial charge in [-0.3, -0.25) is 0 Å². The van der Waals surface area contributed by atoms with Crippen LogP contribution in [0.3, 0.4) is 0 Å². The molecule has 7 heteroatoms. The number of aromatic nitrogens is 2. The van der Waals surface area contributed by atoms with Gasteiger partial charge < -0.3 is 10.4 Å². The number of benzene rings is 1. The molecule has 0 aliphatic rings. The summed E-state index contributed by atoms with van der Waals surface area (Å²) in [5.41, 5.74) is -0.426. The Morgan fingerprint density at radius 2 is 1.79 bits per heavy atom. The molecular formula is C12H10F3N3O. The van der Waals surface area contributed by atoms with Crippen LogP contribution in [0.2, 0.25) is 0 Å². The Bertz CT molecular complexity index is 555. The zero-order valence-electron chi connectivity index (χ0n) is 9.65. The maximum absolute atomic E-state index is 12.3. The fraction of sp³-hybridized carbons (Fsp3) is 0.167. The molecule has 2 aromatic rings. The molecule has 0 bridgehead atoms. The average molecular weight is 269 g/mol. The molecule has 0 radical (unpaired) electrons. The van der Waals surface area contributed by atoms with Gasteiger partial charge in [-0.1, -0.05) is 18.2 Å². The average Bonchev–Trinajstić information content (AvgIpc) is 2.37. The first-order chi connectivity index (χ1) is 8.97. The van der Waals surface area contributed by atoms with E-state index in [1.807, 2.05) is 0 Å². The molecule has 4 nitrogen and oxygen atoms in total. The maximum Gasteiger partial charge on any atom is 0.435 e. The third-order valence-electron chi connectivity index (χ3n) is 2.41. The normalized spacial score (nSPS) is 11.3. The number of para-hydroxylation sites is 1. The molecule has 0 aliphatic carbocycles. The van der Waals surface area contributed by atoms with E-state index in [1.165, 1.54) is 12.1 Å². The van der Waals surface area contributed by atoms with Crippen molar-refractivity contribution in [3.63, 3.8) is 0 Å². The summed E-state index contributed by atoms with van der Waals surface area (Å²) in [7, 11) is 0. The van der Waals surface area contributed by atoms with Crippen LogP contribution in [0.4, 0.5) is 19.0 Å². The van der Waals surface area contributed by atoms with Crippen molar-refractivity contribution in [1.29, 1.82) is 0 Å². The molecule has 0 atom stereocenters. The quantitative estimate of drug-likeness (QED) is 0.899. The lowest BCUT2D eigenvalue weighted by molar-refractivity contribution is -0.141. The summed E-state index contributed by atoms with van der Waals surface area (Å²) in [6, 6.07) is 8.68. The zero-order valence-corrected chi connectivity index (χ0v) is 9.65. The van der Waals surface area contributed by atoms with Gasteiger partial charge in [-0.25, -0.2) is 0 Å². The molecule has 0 amide bonds. The van der Waals surface area contributed by atoms with E-state index < -0.39 is 11.9 Å². The fourth-order valence-corrected chi connectivity index (χ4v) is 1.42. The number of nitrogens with zero attached hydrogens (tertiary/aromatic N) is 2. The topological polar surface area (TPSA) is 58.0 Å². The first kappa shape index (κ1) is 13.1. The highest BCUT2D eigenvalue weighted by molar-refractivity contribution is 5.38. The molecule has 0 spiro atoms. The van der Waals surface area contributed by atoms with Crippen molar-refractivity contribution in [3.05, 3.63) is 47.7 Å². The van der Waals surface area contributed by atoms with E-state index in [1.54, 1.807) is 18.2 Å². The fourth-order valence-electron chi connectivity index (χ4n) is 1.42. The van der Waals surface area contributed by atoms with Gasteiger partial charge in [0.05, 0.1) is 0 Å². The monoisotopic (exact) mass is 269 g/mol. The van der Waals surface area contributed by atoms with Gasteiger partial charge >= 0.3 is 6.18 Å². The van der Waals surface area contributed by atoms with E-state index in [-0.39, 0.29) is 18.1 Å². The van der Waals surface area contributed by atoms with Gasteiger partial charge in [0, 0.05) is 12.1 Å². The SMILES string of the molecule is Oc1ccccc1CNc1ccc(C(F)(F)F)nn1. The third kappa shape index (κ3) is 3.34. The molecule has 0 unspecified atom stereocenters. The molecule has 0 aliphatic heterocycles. The van der Waals surface area contributed by atoms with Gasteiger partial charge in [0.1, 0.15) is 11.6 Å². The Kier molecular flexibility index (Phi) is 3.55. The number of alkyl halides is 3. The zero-order chi connectivity index (χ0) is 13.9. The van der Waals surface area contributed by atoms with Gasteiger partial charge in [-0.05, 0) is 18.2 Å². The molecule has 0 saturated carbocycles. The molecule has 1 heterocycles. The molecule has 1 aromatic heterocycles. The van der Waals surface area contributed by atoms with Crippen LogP contribution in [-0.4, -0.2) is 15.3 Å². The summed E-state index contributed by atoms with van der Waals surface area (Å²) in [5, 5.41) is 18.8. The first-order valence-corrected chi connectivity index (χ1v) is 5.38. The van der Waals surface area contributed by atoms with E-state index in [9.17, 15) is 18.3 Å². The highest BCUT2D eigenvalue weighted by Gasteiger charge is 2.32. The highest BCUT2D eigenvalue weighted by atomic mass is 19.4. The number of phenols is 1. The Morgan fingerprint density at radius 1 is 1.05 bits per heavy atom. The van der Waals surface area contributed by atoms with Gasteiger partial charge in [0.15, 0.2) is 5.69 Å². The number of halogens is 3. The molecule has 0 saturated heterocycles. The summed E-state index contributed by atoms with van der Waals surface area (Å²) in [6.45, 7) is 0.243. The van der Waals surface area contributed by atoms with Crippen molar-refractivity contribution in [1.82, 2.24) is 10.2 Å². The standard InChI is InChI=1S/C12H10F3N3O/c13-12(14,15)10-5-6-11(18-17-10)16-7-8-3-1-2-4-9(8)19/h1-6,19H,7H2,(H,16,18). The summed E-state index contributed by atoms with van der Waals surface area (Å²) >= 11 is 0. The minimum atomic E-state index is -4.50. The van der Waals surface area contributed by atoms with Crippen molar-refractivity contribution < 1.29 is 18.3 Å². The molecule has 2 N–H and O–H groups in total. The van der Waals surface area contributed by atoms with Crippen LogP contribution in [0, 0.1) is 0 Å². The Labute approximate surface area is 106 Å². The number of hydrogen-bond donors (Lipinski definition) is 2.